The topological polar surface area (TPSA) is 42.7 Å². The quantitative estimate of drug-likeness (QED) is 0.806. The van der Waals surface area contributed by atoms with E-state index >= 15 is 0 Å². The highest BCUT2D eigenvalue weighted by Gasteiger charge is 2.19. The van der Waals surface area contributed by atoms with Gasteiger partial charge in [0.15, 0.2) is 5.65 Å². The molecule has 0 amide bonds. The maximum atomic E-state index is 13.5. The molecule has 3 aromatic rings. The third kappa shape index (κ3) is 2.97. The van der Waals surface area contributed by atoms with Crippen molar-refractivity contribution in [3.05, 3.63) is 59.8 Å². The van der Waals surface area contributed by atoms with Crippen LogP contribution < -0.4 is 5.32 Å². The fraction of sp³-hybridized carbons (Fsp3) is 0.333. The van der Waals surface area contributed by atoms with Gasteiger partial charge in [-0.15, -0.1) is 0 Å². The van der Waals surface area contributed by atoms with E-state index in [0.717, 1.165) is 42.2 Å². The van der Waals surface area contributed by atoms with Crippen molar-refractivity contribution in [1.29, 1.82) is 0 Å². The van der Waals surface area contributed by atoms with Crippen LogP contribution >= 0.6 is 0 Å². The first-order chi connectivity index (χ1) is 11.3. The van der Waals surface area contributed by atoms with Gasteiger partial charge in [-0.3, -0.25) is 0 Å². The molecule has 1 atom stereocenters. The van der Waals surface area contributed by atoms with Crippen LogP contribution in [-0.4, -0.2) is 27.6 Å². The fourth-order valence-electron chi connectivity index (χ4n) is 3.29. The molecule has 118 valence electrons. The molecule has 4 rings (SSSR count). The zero-order valence-electron chi connectivity index (χ0n) is 12.9. The summed E-state index contributed by atoms with van der Waals surface area (Å²) >= 11 is 0. The monoisotopic (exact) mass is 310 g/mol. The van der Waals surface area contributed by atoms with Crippen LogP contribution in [0.1, 0.15) is 17.8 Å². The Morgan fingerprint density at radius 1 is 1.26 bits per heavy atom. The number of nitrogens with one attached hydrogen (secondary N) is 1. The number of pyridine rings is 1. The van der Waals surface area contributed by atoms with E-state index in [-0.39, 0.29) is 5.82 Å². The molecule has 0 radical (unpaired) electrons. The Hall–Kier alpha value is -2.27. The zero-order chi connectivity index (χ0) is 15.6. The molecule has 1 fully saturated rings. The summed E-state index contributed by atoms with van der Waals surface area (Å²) in [5.41, 5.74) is 2.77. The SMILES string of the molecule is Fc1cccc(Cc2nc3cccnc3n2CC2CCNC2)c1. The minimum atomic E-state index is -0.205. The highest BCUT2D eigenvalue weighted by atomic mass is 19.1. The summed E-state index contributed by atoms with van der Waals surface area (Å²) in [4.78, 5) is 9.25. The van der Waals surface area contributed by atoms with Crippen LogP contribution in [0.2, 0.25) is 0 Å². The molecule has 5 heteroatoms. The standard InChI is InChI=1S/C18H19FN4/c19-15-4-1-3-13(9-15)10-17-22-16-5-2-7-21-18(16)23(17)12-14-6-8-20-11-14/h1-5,7,9,14,20H,6,8,10-12H2. The predicted molar refractivity (Wildman–Crippen MR) is 87.7 cm³/mol. The number of rotatable bonds is 4. The average Bonchev–Trinajstić information content (AvgIpc) is 3.17. The molecule has 1 aromatic carbocycles. The van der Waals surface area contributed by atoms with Crippen LogP contribution in [0.4, 0.5) is 4.39 Å². The highest BCUT2D eigenvalue weighted by molar-refractivity contribution is 5.71. The second-order valence-electron chi connectivity index (χ2n) is 6.15. The molecule has 1 aliphatic heterocycles. The van der Waals surface area contributed by atoms with Crippen molar-refractivity contribution in [2.24, 2.45) is 5.92 Å². The van der Waals surface area contributed by atoms with Gasteiger partial charge in [0, 0.05) is 19.2 Å². The van der Waals surface area contributed by atoms with Crippen molar-refractivity contribution in [2.75, 3.05) is 13.1 Å². The molecule has 23 heavy (non-hydrogen) atoms. The van der Waals surface area contributed by atoms with E-state index in [1.165, 1.54) is 12.5 Å². The van der Waals surface area contributed by atoms with Crippen molar-refractivity contribution in [3.8, 4) is 0 Å². The van der Waals surface area contributed by atoms with E-state index in [4.69, 9.17) is 4.98 Å². The molecule has 1 N–H and O–H groups in total. The van der Waals surface area contributed by atoms with Gasteiger partial charge < -0.3 is 9.88 Å². The van der Waals surface area contributed by atoms with Crippen LogP contribution in [0.15, 0.2) is 42.6 Å². The van der Waals surface area contributed by atoms with Gasteiger partial charge in [0.05, 0.1) is 0 Å². The van der Waals surface area contributed by atoms with Crippen molar-refractivity contribution in [1.82, 2.24) is 19.9 Å². The highest BCUT2D eigenvalue weighted by Crippen LogP contribution is 2.20. The number of aromatic nitrogens is 3. The summed E-state index contributed by atoms with van der Waals surface area (Å²) in [5, 5.41) is 3.41. The molecule has 1 unspecified atom stereocenters. The number of fused-ring (bicyclic) bond motifs is 1. The van der Waals surface area contributed by atoms with Crippen molar-refractivity contribution in [3.63, 3.8) is 0 Å². The average molecular weight is 310 g/mol. The zero-order valence-corrected chi connectivity index (χ0v) is 12.9. The Labute approximate surface area is 134 Å². The summed E-state index contributed by atoms with van der Waals surface area (Å²) in [7, 11) is 0. The largest absolute Gasteiger partial charge is 0.316 e. The summed E-state index contributed by atoms with van der Waals surface area (Å²) in [6.45, 7) is 3.01. The Morgan fingerprint density at radius 3 is 3.04 bits per heavy atom. The number of hydrogen-bond donors (Lipinski definition) is 1. The Bertz CT molecular complexity index is 821. The summed E-state index contributed by atoms with van der Waals surface area (Å²) < 4.78 is 15.7. The molecule has 3 heterocycles. The molecular formula is C18H19FN4. The third-order valence-corrected chi connectivity index (χ3v) is 4.44. The van der Waals surface area contributed by atoms with Crippen LogP contribution in [-0.2, 0) is 13.0 Å². The summed E-state index contributed by atoms with van der Waals surface area (Å²) in [5.74, 6) is 1.35. The molecule has 0 aliphatic carbocycles. The number of imidazole rings is 1. The smallest absolute Gasteiger partial charge is 0.160 e. The van der Waals surface area contributed by atoms with E-state index < -0.39 is 0 Å². The predicted octanol–water partition coefficient (Wildman–Crippen LogP) is 2.77. The molecule has 0 bridgehead atoms. The summed E-state index contributed by atoms with van der Waals surface area (Å²) in [6.07, 6.45) is 3.60. The lowest BCUT2D eigenvalue weighted by Crippen LogP contribution is -2.16. The maximum absolute atomic E-state index is 13.5. The number of hydrogen-bond acceptors (Lipinski definition) is 3. The molecule has 1 saturated heterocycles. The lowest BCUT2D eigenvalue weighted by Gasteiger charge is -2.13. The molecule has 0 spiro atoms. The minimum Gasteiger partial charge on any atom is -0.316 e. The molecule has 4 nitrogen and oxygen atoms in total. The van der Waals surface area contributed by atoms with Crippen LogP contribution in [0.3, 0.4) is 0 Å². The molecular weight excluding hydrogens is 291 g/mol. The maximum Gasteiger partial charge on any atom is 0.160 e. The van der Waals surface area contributed by atoms with E-state index in [0.29, 0.717) is 12.3 Å². The second kappa shape index (κ2) is 6.08. The molecule has 1 aliphatic rings. The Balaban J connectivity index is 1.72. The van der Waals surface area contributed by atoms with E-state index in [9.17, 15) is 4.39 Å². The van der Waals surface area contributed by atoms with Gasteiger partial charge in [-0.1, -0.05) is 12.1 Å². The van der Waals surface area contributed by atoms with Gasteiger partial charge in [-0.05, 0) is 55.3 Å². The van der Waals surface area contributed by atoms with E-state index in [2.05, 4.69) is 14.9 Å². The number of benzene rings is 1. The van der Waals surface area contributed by atoms with Crippen molar-refractivity contribution in [2.45, 2.75) is 19.4 Å². The van der Waals surface area contributed by atoms with E-state index in [1.807, 2.05) is 18.2 Å². The molecule has 2 aromatic heterocycles. The normalized spacial score (nSPS) is 17.9. The van der Waals surface area contributed by atoms with Crippen molar-refractivity contribution < 1.29 is 4.39 Å². The van der Waals surface area contributed by atoms with Gasteiger partial charge in [0.2, 0.25) is 0 Å². The first-order valence-corrected chi connectivity index (χ1v) is 8.05. The van der Waals surface area contributed by atoms with Gasteiger partial charge >= 0.3 is 0 Å². The molecule has 0 saturated carbocycles. The van der Waals surface area contributed by atoms with Crippen LogP contribution in [0.5, 0.6) is 0 Å². The Kier molecular flexibility index (Phi) is 3.79. The van der Waals surface area contributed by atoms with Gasteiger partial charge in [0.25, 0.3) is 0 Å². The first-order valence-electron chi connectivity index (χ1n) is 8.05. The fourth-order valence-corrected chi connectivity index (χ4v) is 3.29. The van der Waals surface area contributed by atoms with E-state index in [1.54, 1.807) is 18.3 Å². The number of halogens is 1. The second-order valence-corrected chi connectivity index (χ2v) is 6.15. The van der Waals surface area contributed by atoms with Crippen LogP contribution in [0, 0.1) is 11.7 Å². The third-order valence-electron chi connectivity index (χ3n) is 4.44. The first kappa shape index (κ1) is 14.3. The van der Waals surface area contributed by atoms with Gasteiger partial charge in [0.1, 0.15) is 17.2 Å². The lowest BCUT2D eigenvalue weighted by molar-refractivity contribution is 0.478. The minimum absolute atomic E-state index is 0.205. The number of nitrogens with zero attached hydrogens (tertiary/aromatic N) is 3. The Morgan fingerprint density at radius 2 is 2.22 bits per heavy atom. The van der Waals surface area contributed by atoms with Crippen LogP contribution in [0.25, 0.3) is 11.2 Å². The van der Waals surface area contributed by atoms with Gasteiger partial charge in [-0.25, -0.2) is 14.4 Å². The van der Waals surface area contributed by atoms with Crippen molar-refractivity contribution >= 4 is 11.2 Å². The van der Waals surface area contributed by atoms with Gasteiger partial charge in [-0.2, -0.15) is 0 Å². The summed E-state index contributed by atoms with van der Waals surface area (Å²) in [6, 6.07) is 10.6. The lowest BCUT2D eigenvalue weighted by atomic mass is 10.1.